The molecule has 7 nitrogen and oxygen atoms in total. The Morgan fingerprint density at radius 2 is 1.47 bits per heavy atom. The molecule has 196 valence electrons. The maximum Gasteiger partial charge on any atom is 0.251 e. The van der Waals surface area contributed by atoms with Gasteiger partial charge in [-0.15, -0.1) is 0 Å². The molecule has 5 rings (SSSR count). The van der Waals surface area contributed by atoms with Crippen molar-refractivity contribution in [3.63, 3.8) is 0 Å². The van der Waals surface area contributed by atoms with Crippen LogP contribution in [0.3, 0.4) is 0 Å². The Hall–Kier alpha value is -4.13. The third-order valence-corrected chi connectivity index (χ3v) is 7.09. The minimum absolute atomic E-state index is 0.0693. The van der Waals surface area contributed by atoms with Gasteiger partial charge in [0.15, 0.2) is 0 Å². The summed E-state index contributed by atoms with van der Waals surface area (Å²) in [7, 11) is 0. The van der Waals surface area contributed by atoms with Crippen LogP contribution in [-0.2, 0) is 11.3 Å². The van der Waals surface area contributed by atoms with Crippen LogP contribution in [0.5, 0.6) is 0 Å². The molecular weight excluding hydrogens is 474 g/mol. The number of anilines is 1. The molecule has 4 aromatic rings. The molecule has 0 bridgehead atoms. The maximum absolute atomic E-state index is 13.6. The smallest absolute Gasteiger partial charge is 0.251 e. The van der Waals surface area contributed by atoms with E-state index >= 15 is 0 Å². The number of rotatable bonds is 8. The number of carbonyl (C=O) groups is 2. The van der Waals surface area contributed by atoms with Crippen molar-refractivity contribution in [1.29, 1.82) is 0 Å². The minimum Gasteiger partial charge on any atom is -0.368 e. The summed E-state index contributed by atoms with van der Waals surface area (Å²) < 4.78 is 2.00. The number of nitrogens with zero attached hydrogens (tertiary/aromatic N) is 4. The largest absolute Gasteiger partial charge is 0.368 e. The SMILES string of the molecule is CC(C)CC(NC(=O)c1ccccc1)c1nc2ccccc2n1CC(=O)N1CCN(c2ccccc2)CC1. The Balaban J connectivity index is 1.38. The lowest BCUT2D eigenvalue weighted by Gasteiger charge is -2.36. The number of para-hydroxylation sites is 3. The van der Waals surface area contributed by atoms with Gasteiger partial charge < -0.3 is 19.7 Å². The monoisotopic (exact) mass is 509 g/mol. The molecule has 1 saturated heterocycles. The van der Waals surface area contributed by atoms with Crippen molar-refractivity contribution >= 4 is 28.5 Å². The van der Waals surface area contributed by atoms with Gasteiger partial charge in [0, 0.05) is 37.4 Å². The molecular formula is C31H35N5O2. The minimum atomic E-state index is -0.321. The van der Waals surface area contributed by atoms with E-state index in [1.807, 2.05) is 82.3 Å². The van der Waals surface area contributed by atoms with Crippen LogP contribution in [0.15, 0.2) is 84.9 Å². The molecule has 2 heterocycles. The number of fused-ring (bicyclic) bond motifs is 1. The third kappa shape index (κ3) is 5.72. The summed E-state index contributed by atoms with van der Waals surface area (Å²) in [5.74, 6) is 0.976. The van der Waals surface area contributed by atoms with Gasteiger partial charge >= 0.3 is 0 Å². The van der Waals surface area contributed by atoms with E-state index in [1.165, 1.54) is 5.69 Å². The van der Waals surface area contributed by atoms with Gasteiger partial charge in [0.1, 0.15) is 12.4 Å². The molecule has 0 saturated carbocycles. The van der Waals surface area contributed by atoms with Gasteiger partial charge in [0.05, 0.1) is 17.1 Å². The zero-order chi connectivity index (χ0) is 26.5. The molecule has 1 aliphatic rings. The summed E-state index contributed by atoms with van der Waals surface area (Å²) in [6, 6.07) is 27.1. The number of nitrogens with one attached hydrogen (secondary N) is 1. The first-order valence-electron chi connectivity index (χ1n) is 13.4. The number of hydrogen-bond donors (Lipinski definition) is 1. The van der Waals surface area contributed by atoms with Crippen molar-refractivity contribution in [2.24, 2.45) is 5.92 Å². The molecule has 1 aromatic heterocycles. The molecule has 3 aromatic carbocycles. The Morgan fingerprint density at radius 3 is 2.16 bits per heavy atom. The van der Waals surface area contributed by atoms with Crippen molar-refractivity contribution in [3.05, 3.63) is 96.3 Å². The van der Waals surface area contributed by atoms with E-state index in [2.05, 4.69) is 36.2 Å². The summed E-state index contributed by atoms with van der Waals surface area (Å²) >= 11 is 0. The lowest BCUT2D eigenvalue weighted by atomic mass is 10.0. The average molecular weight is 510 g/mol. The van der Waals surface area contributed by atoms with Crippen LogP contribution < -0.4 is 10.2 Å². The van der Waals surface area contributed by atoms with Crippen LogP contribution in [0.4, 0.5) is 5.69 Å². The predicted octanol–water partition coefficient (Wildman–Crippen LogP) is 4.90. The van der Waals surface area contributed by atoms with Crippen molar-refractivity contribution in [2.45, 2.75) is 32.9 Å². The first kappa shape index (κ1) is 25.5. The topological polar surface area (TPSA) is 70.5 Å². The fourth-order valence-corrected chi connectivity index (χ4v) is 5.15. The highest BCUT2D eigenvalue weighted by atomic mass is 16.2. The molecule has 7 heteroatoms. The zero-order valence-corrected chi connectivity index (χ0v) is 22.1. The van der Waals surface area contributed by atoms with E-state index < -0.39 is 0 Å². The van der Waals surface area contributed by atoms with Gasteiger partial charge in [-0.2, -0.15) is 0 Å². The van der Waals surface area contributed by atoms with Gasteiger partial charge in [0.25, 0.3) is 5.91 Å². The van der Waals surface area contributed by atoms with Gasteiger partial charge in [-0.3, -0.25) is 9.59 Å². The third-order valence-electron chi connectivity index (χ3n) is 7.09. The number of benzene rings is 3. The Morgan fingerprint density at radius 1 is 0.842 bits per heavy atom. The van der Waals surface area contributed by atoms with Gasteiger partial charge in [-0.1, -0.05) is 62.4 Å². The van der Waals surface area contributed by atoms with Gasteiger partial charge in [0.2, 0.25) is 5.91 Å². The Labute approximate surface area is 224 Å². The highest BCUT2D eigenvalue weighted by Crippen LogP contribution is 2.26. The molecule has 0 radical (unpaired) electrons. The fourth-order valence-electron chi connectivity index (χ4n) is 5.15. The molecule has 1 atom stereocenters. The molecule has 0 spiro atoms. The van der Waals surface area contributed by atoms with Crippen molar-refractivity contribution in [2.75, 3.05) is 31.1 Å². The predicted molar refractivity (Wildman–Crippen MR) is 151 cm³/mol. The van der Waals surface area contributed by atoms with Crippen molar-refractivity contribution in [1.82, 2.24) is 19.8 Å². The van der Waals surface area contributed by atoms with Gasteiger partial charge in [-0.05, 0) is 48.7 Å². The van der Waals surface area contributed by atoms with E-state index in [4.69, 9.17) is 4.98 Å². The van der Waals surface area contributed by atoms with Crippen LogP contribution in [0.1, 0.15) is 42.5 Å². The van der Waals surface area contributed by atoms with Crippen LogP contribution >= 0.6 is 0 Å². The first-order chi connectivity index (χ1) is 18.5. The van der Waals surface area contributed by atoms with Crippen molar-refractivity contribution < 1.29 is 9.59 Å². The van der Waals surface area contributed by atoms with Crippen LogP contribution in [0, 0.1) is 5.92 Å². The number of aromatic nitrogens is 2. The van der Waals surface area contributed by atoms with E-state index in [1.54, 1.807) is 0 Å². The molecule has 38 heavy (non-hydrogen) atoms. The number of carbonyl (C=O) groups excluding carboxylic acids is 2. The van der Waals surface area contributed by atoms with Gasteiger partial charge in [-0.25, -0.2) is 4.98 Å². The molecule has 2 amide bonds. The zero-order valence-electron chi connectivity index (χ0n) is 22.1. The normalized spacial score (nSPS) is 14.6. The molecule has 1 N–H and O–H groups in total. The quantitative estimate of drug-likeness (QED) is 0.367. The second-order valence-corrected chi connectivity index (χ2v) is 10.3. The second kappa shape index (κ2) is 11.5. The average Bonchev–Trinajstić information content (AvgIpc) is 3.31. The van der Waals surface area contributed by atoms with Crippen molar-refractivity contribution in [3.8, 4) is 0 Å². The second-order valence-electron chi connectivity index (χ2n) is 10.3. The van der Waals surface area contributed by atoms with E-state index in [9.17, 15) is 9.59 Å². The number of piperazine rings is 1. The Kier molecular flexibility index (Phi) is 7.73. The highest BCUT2D eigenvalue weighted by Gasteiger charge is 2.27. The number of imidazole rings is 1. The maximum atomic E-state index is 13.6. The lowest BCUT2D eigenvalue weighted by molar-refractivity contribution is -0.132. The molecule has 1 aliphatic heterocycles. The standard InChI is InChI=1S/C31H35N5O2/c1-23(2)21-27(33-31(38)24-11-5-3-6-12-24)30-32-26-15-9-10-16-28(26)36(30)22-29(37)35-19-17-34(18-20-35)25-13-7-4-8-14-25/h3-16,23,27H,17-22H2,1-2H3,(H,33,38). The van der Waals surface area contributed by atoms with Crippen LogP contribution in [-0.4, -0.2) is 52.4 Å². The molecule has 1 fully saturated rings. The first-order valence-corrected chi connectivity index (χ1v) is 13.4. The fraction of sp³-hybridized carbons (Fsp3) is 0.323. The highest BCUT2D eigenvalue weighted by molar-refractivity contribution is 5.94. The van der Waals surface area contributed by atoms with E-state index in [0.717, 1.165) is 29.9 Å². The number of hydrogen-bond acceptors (Lipinski definition) is 4. The van der Waals surface area contributed by atoms with Crippen LogP contribution in [0.2, 0.25) is 0 Å². The summed E-state index contributed by atoms with van der Waals surface area (Å²) in [6.45, 7) is 7.41. The summed E-state index contributed by atoms with van der Waals surface area (Å²) in [6.07, 6.45) is 0.714. The Bertz CT molecular complexity index is 1380. The molecule has 1 unspecified atom stereocenters. The van der Waals surface area contributed by atoms with Crippen LogP contribution in [0.25, 0.3) is 11.0 Å². The van der Waals surface area contributed by atoms with E-state index in [-0.39, 0.29) is 24.4 Å². The summed E-state index contributed by atoms with van der Waals surface area (Å²) in [5.41, 5.74) is 3.53. The summed E-state index contributed by atoms with van der Waals surface area (Å²) in [4.78, 5) is 35.9. The molecule has 0 aliphatic carbocycles. The number of amides is 2. The lowest BCUT2D eigenvalue weighted by Crippen LogP contribution is -2.49. The van der Waals surface area contributed by atoms with E-state index in [0.29, 0.717) is 31.0 Å². The summed E-state index contributed by atoms with van der Waals surface area (Å²) in [5, 5.41) is 3.21.